The number of rotatable bonds is 1. The highest BCUT2D eigenvalue weighted by atomic mass is 16.1. The van der Waals surface area contributed by atoms with Crippen LogP contribution < -0.4 is 0 Å². The molecule has 0 unspecified atom stereocenters. The van der Waals surface area contributed by atoms with Crippen LogP contribution in [0, 0.1) is 13.8 Å². The molecule has 0 spiro atoms. The molecule has 9 heavy (non-hydrogen) atoms. The largest absolute Gasteiger partial charge is 0.294 e. The summed E-state index contributed by atoms with van der Waals surface area (Å²) >= 11 is 0. The normalized spacial score (nSPS) is 9.56. The maximum atomic E-state index is 10.2. The van der Waals surface area contributed by atoms with E-state index in [9.17, 15) is 4.79 Å². The van der Waals surface area contributed by atoms with E-state index in [0.717, 1.165) is 17.7 Å². The van der Waals surface area contributed by atoms with Gasteiger partial charge in [-0.1, -0.05) is 0 Å². The van der Waals surface area contributed by atoms with Crippen molar-refractivity contribution in [2.75, 3.05) is 0 Å². The van der Waals surface area contributed by atoms with Crippen molar-refractivity contribution in [2.45, 2.75) is 13.8 Å². The van der Waals surface area contributed by atoms with E-state index in [1.807, 2.05) is 19.9 Å². The molecule has 2 nitrogen and oxygen atoms in total. The van der Waals surface area contributed by atoms with Crippen LogP contribution in [-0.4, -0.2) is 11.0 Å². The molecule has 0 saturated carbocycles. The molecule has 0 amide bonds. The maximum Gasteiger partial charge on any atom is 0.217 e. The van der Waals surface area contributed by atoms with Crippen LogP contribution >= 0.6 is 0 Å². The number of carbonyl (C=O) groups excluding carboxylic acids is 1. The average molecular weight is 123 g/mol. The van der Waals surface area contributed by atoms with Crippen molar-refractivity contribution in [1.82, 2.24) is 4.57 Å². The molecule has 48 valence electrons. The summed E-state index contributed by atoms with van der Waals surface area (Å²) in [6.45, 7) is 3.90. The van der Waals surface area contributed by atoms with E-state index < -0.39 is 0 Å². The minimum absolute atomic E-state index is 0.808. The lowest BCUT2D eigenvalue weighted by molar-refractivity contribution is 0.546. The number of hydrogen-bond acceptors (Lipinski definition) is 1. The zero-order chi connectivity index (χ0) is 6.85. The Morgan fingerprint density at radius 2 is 2.22 bits per heavy atom. The highest BCUT2D eigenvalue weighted by Gasteiger charge is 1.95. The first-order valence-electron chi connectivity index (χ1n) is 2.85. The van der Waals surface area contributed by atoms with Crippen LogP contribution in [0.1, 0.15) is 11.3 Å². The van der Waals surface area contributed by atoms with Gasteiger partial charge in [0.05, 0.1) is 0 Å². The smallest absolute Gasteiger partial charge is 0.217 e. The quantitative estimate of drug-likeness (QED) is 0.513. The topological polar surface area (TPSA) is 22.0 Å². The molecule has 0 N–H and O–H groups in total. The van der Waals surface area contributed by atoms with Crippen molar-refractivity contribution >= 4 is 6.41 Å². The highest BCUT2D eigenvalue weighted by molar-refractivity contribution is 5.54. The van der Waals surface area contributed by atoms with Crippen molar-refractivity contribution in [3.8, 4) is 0 Å². The first-order chi connectivity index (χ1) is 4.25. The van der Waals surface area contributed by atoms with Gasteiger partial charge in [0.15, 0.2) is 0 Å². The van der Waals surface area contributed by atoms with E-state index >= 15 is 0 Å². The van der Waals surface area contributed by atoms with E-state index in [0.29, 0.717) is 0 Å². The van der Waals surface area contributed by atoms with Gasteiger partial charge in [0.25, 0.3) is 0 Å². The van der Waals surface area contributed by atoms with E-state index in [4.69, 9.17) is 0 Å². The molecule has 0 aliphatic carbocycles. The van der Waals surface area contributed by atoms with Gasteiger partial charge in [-0.2, -0.15) is 0 Å². The van der Waals surface area contributed by atoms with Crippen LogP contribution in [0.25, 0.3) is 0 Å². The Bertz CT molecular complexity index is 225. The first kappa shape index (κ1) is 6.08. The molecule has 0 aliphatic heterocycles. The summed E-state index contributed by atoms with van der Waals surface area (Å²) in [4.78, 5) is 10.2. The van der Waals surface area contributed by atoms with Gasteiger partial charge in [0.1, 0.15) is 0 Å². The number of aryl methyl sites for hydroxylation is 1. The summed E-state index contributed by atoms with van der Waals surface area (Å²) in [5, 5.41) is 0. The fraction of sp³-hybridized carbons (Fsp3) is 0.286. The molecule has 1 rings (SSSR count). The zero-order valence-corrected chi connectivity index (χ0v) is 5.59. The van der Waals surface area contributed by atoms with E-state index in [1.54, 1.807) is 10.8 Å². The Labute approximate surface area is 54.1 Å². The SMILES string of the molecule is Cc1ccn(C=O)c1C. The average Bonchev–Trinajstić information content (AvgIpc) is 2.15. The van der Waals surface area contributed by atoms with Crippen molar-refractivity contribution < 1.29 is 4.79 Å². The molecule has 0 aromatic carbocycles. The molecule has 0 bridgehead atoms. The molecular formula is C7H9NO. The monoisotopic (exact) mass is 123 g/mol. The van der Waals surface area contributed by atoms with Crippen LogP contribution in [0.15, 0.2) is 12.3 Å². The number of nitrogens with zero attached hydrogens (tertiary/aromatic N) is 1. The number of hydrogen-bond donors (Lipinski definition) is 0. The van der Waals surface area contributed by atoms with Crippen LogP contribution in [0.5, 0.6) is 0 Å². The van der Waals surface area contributed by atoms with Crippen LogP contribution in [0.3, 0.4) is 0 Å². The minimum atomic E-state index is 0.808. The summed E-state index contributed by atoms with van der Waals surface area (Å²) in [5.41, 5.74) is 2.17. The van der Waals surface area contributed by atoms with Gasteiger partial charge in [-0.3, -0.25) is 9.36 Å². The molecule has 1 aromatic rings. The first-order valence-corrected chi connectivity index (χ1v) is 2.85. The third kappa shape index (κ3) is 0.875. The molecule has 0 aliphatic rings. The van der Waals surface area contributed by atoms with E-state index in [-0.39, 0.29) is 0 Å². The summed E-state index contributed by atoms with van der Waals surface area (Å²) < 4.78 is 1.56. The van der Waals surface area contributed by atoms with Crippen molar-refractivity contribution in [1.29, 1.82) is 0 Å². The molecule has 0 saturated heterocycles. The number of aromatic nitrogens is 1. The van der Waals surface area contributed by atoms with Gasteiger partial charge in [0.2, 0.25) is 6.41 Å². The fourth-order valence-corrected chi connectivity index (χ4v) is 0.742. The maximum absolute atomic E-state index is 10.2. The third-order valence-corrected chi connectivity index (χ3v) is 1.56. The second-order valence-corrected chi connectivity index (χ2v) is 2.10. The molecule has 1 aromatic heterocycles. The summed E-state index contributed by atoms with van der Waals surface area (Å²) in [7, 11) is 0. The Hall–Kier alpha value is -1.05. The van der Waals surface area contributed by atoms with Crippen molar-refractivity contribution in [3.05, 3.63) is 23.5 Å². The second kappa shape index (κ2) is 2.05. The minimum Gasteiger partial charge on any atom is -0.294 e. The lowest BCUT2D eigenvalue weighted by Crippen LogP contribution is -1.94. The highest BCUT2D eigenvalue weighted by Crippen LogP contribution is 2.04. The van der Waals surface area contributed by atoms with Crippen molar-refractivity contribution in [3.63, 3.8) is 0 Å². The summed E-state index contributed by atoms with van der Waals surface area (Å²) in [6.07, 6.45) is 2.57. The lowest BCUT2D eigenvalue weighted by Gasteiger charge is -1.92. The second-order valence-electron chi connectivity index (χ2n) is 2.10. The zero-order valence-electron chi connectivity index (χ0n) is 5.59. The molecule has 1 heterocycles. The third-order valence-electron chi connectivity index (χ3n) is 1.56. The predicted octanol–water partition coefficient (Wildman–Crippen LogP) is 1.14. The lowest BCUT2D eigenvalue weighted by atomic mass is 10.3. The summed E-state index contributed by atoms with van der Waals surface area (Å²) in [6, 6.07) is 1.92. The Morgan fingerprint density at radius 3 is 2.44 bits per heavy atom. The van der Waals surface area contributed by atoms with Crippen LogP contribution in [0.4, 0.5) is 0 Å². The van der Waals surface area contributed by atoms with Gasteiger partial charge in [-0.15, -0.1) is 0 Å². The Morgan fingerprint density at radius 1 is 1.56 bits per heavy atom. The van der Waals surface area contributed by atoms with Crippen LogP contribution in [0.2, 0.25) is 0 Å². The predicted molar refractivity (Wildman–Crippen MR) is 36.1 cm³/mol. The van der Waals surface area contributed by atoms with Gasteiger partial charge in [0, 0.05) is 11.9 Å². The van der Waals surface area contributed by atoms with Gasteiger partial charge < -0.3 is 0 Å². The molecule has 0 atom stereocenters. The Balaban J connectivity index is 3.18. The van der Waals surface area contributed by atoms with Crippen molar-refractivity contribution in [2.24, 2.45) is 0 Å². The van der Waals surface area contributed by atoms with Crippen LogP contribution in [-0.2, 0) is 4.79 Å². The van der Waals surface area contributed by atoms with Gasteiger partial charge >= 0.3 is 0 Å². The van der Waals surface area contributed by atoms with E-state index in [2.05, 4.69) is 0 Å². The standard InChI is InChI=1S/C7H9NO/c1-6-3-4-8(5-9)7(6)2/h3-5H,1-2H3. The van der Waals surface area contributed by atoms with E-state index in [1.165, 1.54) is 0 Å². The van der Waals surface area contributed by atoms with Gasteiger partial charge in [-0.05, 0) is 25.5 Å². The molecule has 0 radical (unpaired) electrons. The van der Waals surface area contributed by atoms with Gasteiger partial charge in [-0.25, -0.2) is 0 Å². The number of carbonyl (C=O) groups is 1. The molecule has 0 fully saturated rings. The fourth-order valence-electron chi connectivity index (χ4n) is 0.742. The molecule has 2 heteroatoms. The molecular weight excluding hydrogens is 114 g/mol. The summed E-state index contributed by atoms with van der Waals surface area (Å²) in [5.74, 6) is 0. The Kier molecular flexibility index (Phi) is 1.39.